The van der Waals surface area contributed by atoms with Gasteiger partial charge < -0.3 is 10.5 Å². The molecular formula is C18H27N3O2. The van der Waals surface area contributed by atoms with Gasteiger partial charge in [-0.05, 0) is 39.8 Å². The van der Waals surface area contributed by atoms with Crippen LogP contribution in [0.5, 0.6) is 0 Å². The van der Waals surface area contributed by atoms with Crippen molar-refractivity contribution < 1.29 is 9.53 Å². The van der Waals surface area contributed by atoms with E-state index in [1.807, 2.05) is 6.07 Å². The molecular weight excluding hydrogens is 290 g/mol. The molecule has 1 aromatic carbocycles. The van der Waals surface area contributed by atoms with Gasteiger partial charge in [-0.25, -0.2) is 4.79 Å². The van der Waals surface area contributed by atoms with Gasteiger partial charge in [-0.1, -0.05) is 41.8 Å². The minimum Gasteiger partial charge on any atom is -0.444 e. The molecule has 5 nitrogen and oxygen atoms in total. The molecule has 1 fully saturated rings. The van der Waals surface area contributed by atoms with Crippen LogP contribution in [0, 0.1) is 25.2 Å². The van der Waals surface area contributed by atoms with Crippen LogP contribution in [-0.4, -0.2) is 36.7 Å². The van der Waals surface area contributed by atoms with Gasteiger partial charge in [-0.2, -0.15) is 5.26 Å². The summed E-state index contributed by atoms with van der Waals surface area (Å²) >= 11 is 0. The first-order valence-electron chi connectivity index (χ1n) is 8.10. The molecule has 0 bridgehead atoms. The maximum absolute atomic E-state index is 10.6. The SMILES string of the molecule is Cc1cccc(C)c1.N#CCC(CN1CCCCC1)OC(N)=O. The zero-order chi connectivity index (χ0) is 17.1. The van der Waals surface area contributed by atoms with Crippen molar-refractivity contribution in [3.8, 4) is 6.07 Å². The number of nitrogens with zero attached hydrogens (tertiary/aromatic N) is 2. The average molecular weight is 317 g/mol. The Hall–Kier alpha value is -2.06. The van der Waals surface area contributed by atoms with Gasteiger partial charge >= 0.3 is 6.09 Å². The zero-order valence-corrected chi connectivity index (χ0v) is 14.1. The van der Waals surface area contributed by atoms with Crippen LogP contribution in [0.3, 0.4) is 0 Å². The molecule has 5 heteroatoms. The van der Waals surface area contributed by atoms with Gasteiger partial charge in [0, 0.05) is 6.54 Å². The highest BCUT2D eigenvalue weighted by Gasteiger charge is 2.18. The van der Waals surface area contributed by atoms with Crippen molar-refractivity contribution >= 4 is 6.09 Å². The minimum atomic E-state index is -0.799. The first-order valence-corrected chi connectivity index (χ1v) is 8.10. The van der Waals surface area contributed by atoms with Crippen molar-refractivity contribution in [2.24, 2.45) is 5.73 Å². The van der Waals surface area contributed by atoms with Crippen LogP contribution < -0.4 is 5.73 Å². The molecule has 2 rings (SSSR count). The predicted molar refractivity (Wildman–Crippen MR) is 90.9 cm³/mol. The fourth-order valence-electron chi connectivity index (χ4n) is 2.65. The number of nitrogens with two attached hydrogens (primary N) is 1. The summed E-state index contributed by atoms with van der Waals surface area (Å²) in [6.07, 6.45) is 2.64. The number of aryl methyl sites for hydroxylation is 2. The molecule has 1 atom stereocenters. The van der Waals surface area contributed by atoms with Gasteiger partial charge in [0.1, 0.15) is 6.10 Å². The van der Waals surface area contributed by atoms with E-state index in [2.05, 4.69) is 43.0 Å². The molecule has 1 aliphatic heterocycles. The van der Waals surface area contributed by atoms with Crippen LogP contribution in [0.1, 0.15) is 36.8 Å². The number of amides is 1. The van der Waals surface area contributed by atoms with Crippen molar-refractivity contribution in [1.82, 2.24) is 4.90 Å². The third-order valence-electron chi connectivity index (χ3n) is 3.69. The second-order valence-corrected chi connectivity index (χ2v) is 5.94. The van der Waals surface area contributed by atoms with Crippen LogP contribution in [0.4, 0.5) is 4.79 Å². The van der Waals surface area contributed by atoms with Crippen molar-refractivity contribution in [2.45, 2.75) is 45.6 Å². The lowest BCUT2D eigenvalue weighted by molar-refractivity contribution is 0.0728. The first kappa shape index (κ1) is 19.0. The van der Waals surface area contributed by atoms with Crippen LogP contribution in [0.25, 0.3) is 0 Å². The van der Waals surface area contributed by atoms with Crippen molar-refractivity contribution in [3.63, 3.8) is 0 Å². The van der Waals surface area contributed by atoms with E-state index < -0.39 is 6.09 Å². The molecule has 0 aliphatic carbocycles. The Balaban J connectivity index is 0.000000277. The maximum atomic E-state index is 10.6. The molecule has 1 aliphatic rings. The number of rotatable bonds is 4. The Bertz CT molecular complexity index is 502. The third kappa shape index (κ3) is 8.84. The summed E-state index contributed by atoms with van der Waals surface area (Å²) in [6, 6.07) is 10.5. The summed E-state index contributed by atoms with van der Waals surface area (Å²) < 4.78 is 4.87. The number of ether oxygens (including phenoxy) is 1. The molecule has 0 spiro atoms. The van der Waals surface area contributed by atoms with Crippen molar-refractivity contribution in [3.05, 3.63) is 35.4 Å². The van der Waals surface area contributed by atoms with E-state index in [0.29, 0.717) is 6.54 Å². The van der Waals surface area contributed by atoms with Gasteiger partial charge in [0.25, 0.3) is 0 Å². The third-order valence-corrected chi connectivity index (χ3v) is 3.69. The highest BCUT2D eigenvalue weighted by molar-refractivity contribution is 5.64. The average Bonchev–Trinajstić information content (AvgIpc) is 2.48. The number of benzene rings is 1. The Morgan fingerprint density at radius 3 is 2.35 bits per heavy atom. The van der Waals surface area contributed by atoms with E-state index in [0.717, 1.165) is 13.1 Å². The smallest absolute Gasteiger partial charge is 0.404 e. The molecule has 0 radical (unpaired) electrons. The summed E-state index contributed by atoms with van der Waals surface area (Å²) in [4.78, 5) is 12.8. The Morgan fingerprint density at radius 2 is 1.91 bits per heavy atom. The fraction of sp³-hybridized carbons (Fsp3) is 0.556. The summed E-state index contributed by atoms with van der Waals surface area (Å²) in [5.74, 6) is 0. The van der Waals surface area contributed by atoms with E-state index in [4.69, 9.17) is 15.7 Å². The Kier molecular flexibility index (Phi) is 8.78. The number of hydrogen-bond donors (Lipinski definition) is 1. The molecule has 1 aromatic rings. The molecule has 1 saturated heterocycles. The number of hydrogen-bond acceptors (Lipinski definition) is 4. The van der Waals surface area contributed by atoms with Crippen molar-refractivity contribution in [2.75, 3.05) is 19.6 Å². The fourth-order valence-corrected chi connectivity index (χ4v) is 2.65. The summed E-state index contributed by atoms with van der Waals surface area (Å²) in [5.41, 5.74) is 7.62. The quantitative estimate of drug-likeness (QED) is 0.925. The molecule has 126 valence electrons. The number of carbonyl (C=O) groups is 1. The van der Waals surface area contributed by atoms with E-state index in [1.54, 1.807) is 0 Å². The zero-order valence-electron chi connectivity index (χ0n) is 14.1. The minimum absolute atomic E-state index is 0.208. The van der Waals surface area contributed by atoms with E-state index in [9.17, 15) is 4.79 Å². The first-order chi connectivity index (χ1) is 11.0. The topological polar surface area (TPSA) is 79.3 Å². The molecule has 1 amide bonds. The second kappa shape index (κ2) is 10.6. The summed E-state index contributed by atoms with van der Waals surface area (Å²) in [5, 5.41) is 8.58. The van der Waals surface area contributed by atoms with E-state index in [1.165, 1.54) is 30.4 Å². The molecule has 23 heavy (non-hydrogen) atoms. The molecule has 1 unspecified atom stereocenters. The predicted octanol–water partition coefficient (Wildman–Crippen LogP) is 3.15. The largest absolute Gasteiger partial charge is 0.444 e. The lowest BCUT2D eigenvalue weighted by atomic mass is 10.1. The lowest BCUT2D eigenvalue weighted by Gasteiger charge is -2.29. The van der Waals surface area contributed by atoms with Crippen molar-refractivity contribution in [1.29, 1.82) is 5.26 Å². The van der Waals surface area contributed by atoms with Gasteiger partial charge in [-0.15, -0.1) is 0 Å². The Morgan fingerprint density at radius 1 is 1.30 bits per heavy atom. The second-order valence-electron chi connectivity index (χ2n) is 5.94. The molecule has 0 saturated carbocycles. The number of primary amides is 1. The highest BCUT2D eigenvalue weighted by atomic mass is 16.6. The van der Waals surface area contributed by atoms with Crippen LogP contribution in [-0.2, 0) is 4.74 Å². The number of piperidine rings is 1. The maximum Gasteiger partial charge on any atom is 0.404 e. The van der Waals surface area contributed by atoms with Crippen LogP contribution in [0.15, 0.2) is 24.3 Å². The lowest BCUT2D eigenvalue weighted by Crippen LogP contribution is -2.39. The van der Waals surface area contributed by atoms with Gasteiger partial charge in [0.05, 0.1) is 12.5 Å². The number of nitriles is 1. The summed E-state index contributed by atoms with van der Waals surface area (Å²) in [6.45, 7) is 6.87. The standard InChI is InChI=1S/C10H17N3O2.C8H10/c11-5-4-9(15-10(12)14)8-13-6-2-1-3-7-13;1-7-4-3-5-8(2)6-7/h9H,1-4,6-8H2,(H2,12,14);3-6H,1-2H3. The number of likely N-dealkylation sites (tertiary alicyclic amines) is 1. The monoisotopic (exact) mass is 317 g/mol. The Labute approximate surface area is 139 Å². The molecule has 2 N–H and O–H groups in total. The van der Waals surface area contributed by atoms with E-state index in [-0.39, 0.29) is 12.5 Å². The number of carbonyl (C=O) groups excluding carboxylic acids is 1. The van der Waals surface area contributed by atoms with Crippen LogP contribution >= 0.6 is 0 Å². The molecule has 0 aromatic heterocycles. The molecule has 1 heterocycles. The van der Waals surface area contributed by atoms with E-state index >= 15 is 0 Å². The van der Waals surface area contributed by atoms with Gasteiger partial charge in [0.2, 0.25) is 0 Å². The normalized spacial score (nSPS) is 15.7. The summed E-state index contributed by atoms with van der Waals surface area (Å²) in [7, 11) is 0. The van der Waals surface area contributed by atoms with Gasteiger partial charge in [-0.3, -0.25) is 4.90 Å². The van der Waals surface area contributed by atoms with Gasteiger partial charge in [0.15, 0.2) is 0 Å². The van der Waals surface area contributed by atoms with Crippen LogP contribution in [0.2, 0.25) is 0 Å². The highest BCUT2D eigenvalue weighted by Crippen LogP contribution is 2.11.